The Kier molecular flexibility index (Phi) is 8.84. The second-order valence-corrected chi connectivity index (χ2v) is 7.34. The molecule has 1 aromatic carbocycles. The number of alkyl halides is 3. The van der Waals surface area contributed by atoms with E-state index in [9.17, 15) is 18.0 Å². The molecule has 0 aliphatic heterocycles. The summed E-state index contributed by atoms with van der Waals surface area (Å²) in [5.74, 6) is -0.500. The van der Waals surface area contributed by atoms with Gasteiger partial charge in [-0.15, -0.1) is 37.1 Å². The summed E-state index contributed by atoms with van der Waals surface area (Å²) in [7, 11) is 0. The molecule has 1 amide bonds. The van der Waals surface area contributed by atoms with Crippen LogP contribution in [0.4, 0.5) is 23.7 Å². The van der Waals surface area contributed by atoms with E-state index in [4.69, 9.17) is 10.5 Å². The largest absolute Gasteiger partial charge is 0.573 e. The summed E-state index contributed by atoms with van der Waals surface area (Å²) in [6, 6.07) is 5.63. The van der Waals surface area contributed by atoms with Crippen LogP contribution >= 0.6 is 24.0 Å². The summed E-state index contributed by atoms with van der Waals surface area (Å²) in [6.45, 7) is 5.84. The highest BCUT2D eigenvalue weighted by atomic mass is 127. The van der Waals surface area contributed by atoms with Crippen molar-refractivity contribution in [3.8, 4) is 5.75 Å². The SMILES string of the molecule is CC(C)(C)OC(=O)N(CCN=C(N)Nc1ccccc1OC(F)(F)F)C1CC1.I. The van der Waals surface area contributed by atoms with Crippen LogP contribution in [0.5, 0.6) is 5.75 Å². The molecule has 0 heterocycles. The molecule has 2 rings (SSSR count). The molecule has 0 bridgehead atoms. The van der Waals surface area contributed by atoms with E-state index in [-0.39, 0.29) is 48.2 Å². The van der Waals surface area contributed by atoms with Crippen molar-refractivity contribution in [1.82, 2.24) is 4.90 Å². The molecule has 0 radical (unpaired) electrons. The van der Waals surface area contributed by atoms with Crippen molar-refractivity contribution < 1.29 is 27.4 Å². The van der Waals surface area contributed by atoms with Gasteiger partial charge < -0.3 is 25.4 Å². The summed E-state index contributed by atoms with van der Waals surface area (Å²) in [4.78, 5) is 18.0. The van der Waals surface area contributed by atoms with Gasteiger partial charge in [0, 0.05) is 12.6 Å². The van der Waals surface area contributed by atoms with Gasteiger partial charge in [-0.2, -0.15) is 0 Å². The van der Waals surface area contributed by atoms with Crippen molar-refractivity contribution in [2.24, 2.45) is 10.7 Å². The van der Waals surface area contributed by atoms with Crippen molar-refractivity contribution in [2.75, 3.05) is 18.4 Å². The number of hydrogen-bond donors (Lipinski definition) is 2. The zero-order valence-corrected chi connectivity index (χ0v) is 18.8. The van der Waals surface area contributed by atoms with Gasteiger partial charge in [-0.1, -0.05) is 12.1 Å². The zero-order valence-electron chi connectivity index (χ0n) is 16.5. The van der Waals surface area contributed by atoms with E-state index in [0.717, 1.165) is 12.8 Å². The third-order valence-electron chi connectivity index (χ3n) is 3.61. The van der Waals surface area contributed by atoms with Gasteiger partial charge in [0.15, 0.2) is 11.7 Å². The third kappa shape index (κ3) is 9.41. The van der Waals surface area contributed by atoms with Crippen LogP contribution in [-0.2, 0) is 4.74 Å². The maximum atomic E-state index is 12.5. The second kappa shape index (κ2) is 10.2. The van der Waals surface area contributed by atoms with Gasteiger partial charge >= 0.3 is 12.5 Å². The monoisotopic (exact) mass is 530 g/mol. The fraction of sp³-hybridized carbons (Fsp3) is 0.556. The van der Waals surface area contributed by atoms with Crippen LogP contribution in [-0.4, -0.2) is 48.0 Å². The zero-order chi connectivity index (χ0) is 20.9. The molecule has 0 aromatic heterocycles. The standard InChI is InChI=1S/C18H25F3N4O3.HI/c1-17(2,3)28-16(26)25(12-8-9-12)11-10-23-15(22)24-13-6-4-5-7-14(13)27-18(19,20)21;/h4-7,12H,8-11H2,1-3H3,(H3,22,23,24);1H. The number of carbonyl (C=O) groups excluding carboxylic acids is 1. The van der Waals surface area contributed by atoms with Crippen LogP contribution in [0, 0.1) is 0 Å². The lowest BCUT2D eigenvalue weighted by Gasteiger charge is -2.27. The van der Waals surface area contributed by atoms with Gasteiger partial charge in [0.25, 0.3) is 0 Å². The number of benzene rings is 1. The maximum Gasteiger partial charge on any atom is 0.573 e. The highest BCUT2D eigenvalue weighted by Gasteiger charge is 2.35. The van der Waals surface area contributed by atoms with Crippen molar-refractivity contribution in [3.63, 3.8) is 0 Å². The molecule has 1 saturated carbocycles. The molecule has 164 valence electrons. The number of hydrogen-bond acceptors (Lipinski definition) is 4. The number of carbonyl (C=O) groups is 1. The Morgan fingerprint density at radius 3 is 2.45 bits per heavy atom. The number of guanidine groups is 1. The number of nitrogens with two attached hydrogens (primary N) is 1. The number of nitrogens with one attached hydrogen (secondary N) is 1. The lowest BCUT2D eigenvalue weighted by atomic mass is 10.2. The summed E-state index contributed by atoms with van der Waals surface area (Å²) >= 11 is 0. The number of para-hydroxylation sites is 2. The molecular weight excluding hydrogens is 504 g/mol. The predicted octanol–water partition coefficient (Wildman–Crippen LogP) is 4.33. The molecule has 29 heavy (non-hydrogen) atoms. The Morgan fingerprint density at radius 1 is 1.28 bits per heavy atom. The number of rotatable bonds is 6. The minimum atomic E-state index is -4.82. The average molecular weight is 530 g/mol. The number of nitrogens with zero attached hydrogens (tertiary/aromatic N) is 2. The van der Waals surface area contributed by atoms with E-state index in [2.05, 4.69) is 15.0 Å². The van der Waals surface area contributed by atoms with Crippen LogP contribution in [0.2, 0.25) is 0 Å². The first-order valence-electron chi connectivity index (χ1n) is 8.86. The van der Waals surface area contributed by atoms with Gasteiger partial charge in [0.05, 0.1) is 12.2 Å². The van der Waals surface area contributed by atoms with E-state index in [1.165, 1.54) is 24.3 Å². The Morgan fingerprint density at radius 2 is 1.90 bits per heavy atom. The molecule has 0 unspecified atom stereocenters. The number of anilines is 1. The number of amides is 1. The van der Waals surface area contributed by atoms with Gasteiger partial charge in [-0.3, -0.25) is 4.99 Å². The van der Waals surface area contributed by atoms with Crippen molar-refractivity contribution in [3.05, 3.63) is 24.3 Å². The predicted molar refractivity (Wildman–Crippen MR) is 115 cm³/mol. The smallest absolute Gasteiger partial charge is 0.444 e. The summed E-state index contributed by atoms with van der Waals surface area (Å²) in [5.41, 5.74) is 5.20. The quantitative estimate of drug-likeness (QED) is 0.325. The first-order valence-corrected chi connectivity index (χ1v) is 8.86. The number of aliphatic imine (C=N–C) groups is 1. The molecule has 7 nitrogen and oxygen atoms in total. The fourth-order valence-electron chi connectivity index (χ4n) is 2.37. The topological polar surface area (TPSA) is 89.2 Å². The minimum absolute atomic E-state index is 0. The molecule has 3 N–H and O–H groups in total. The first-order chi connectivity index (χ1) is 12.9. The molecule has 0 saturated heterocycles. The van der Waals surface area contributed by atoms with Crippen LogP contribution in [0.3, 0.4) is 0 Å². The highest BCUT2D eigenvalue weighted by molar-refractivity contribution is 14.0. The molecule has 0 atom stereocenters. The second-order valence-electron chi connectivity index (χ2n) is 7.34. The lowest BCUT2D eigenvalue weighted by molar-refractivity contribution is -0.274. The molecule has 1 fully saturated rings. The molecule has 1 aromatic rings. The van der Waals surface area contributed by atoms with Crippen molar-refractivity contribution in [2.45, 2.75) is 51.6 Å². The Bertz CT molecular complexity index is 719. The van der Waals surface area contributed by atoms with Crippen LogP contribution < -0.4 is 15.8 Å². The van der Waals surface area contributed by atoms with E-state index in [1.54, 1.807) is 25.7 Å². The van der Waals surface area contributed by atoms with Crippen molar-refractivity contribution in [1.29, 1.82) is 0 Å². The van der Waals surface area contributed by atoms with Gasteiger partial charge in [0.1, 0.15) is 5.60 Å². The highest BCUT2D eigenvalue weighted by Crippen LogP contribution is 2.30. The summed E-state index contributed by atoms with van der Waals surface area (Å²) in [6.07, 6.45) is -3.43. The number of halogens is 4. The van der Waals surface area contributed by atoms with E-state index < -0.39 is 23.8 Å². The minimum Gasteiger partial charge on any atom is -0.444 e. The molecule has 11 heteroatoms. The first kappa shape index (κ1) is 25.1. The Balaban J connectivity index is 0.00000420. The third-order valence-corrected chi connectivity index (χ3v) is 3.61. The van der Waals surface area contributed by atoms with Crippen molar-refractivity contribution >= 4 is 41.7 Å². The van der Waals surface area contributed by atoms with E-state index >= 15 is 0 Å². The van der Waals surface area contributed by atoms with Crippen LogP contribution in [0.15, 0.2) is 29.3 Å². The van der Waals surface area contributed by atoms with Crippen LogP contribution in [0.1, 0.15) is 33.6 Å². The molecular formula is C18H26F3IN4O3. The fourth-order valence-corrected chi connectivity index (χ4v) is 2.37. The Hall–Kier alpha value is -1.92. The summed E-state index contributed by atoms with van der Waals surface area (Å²) in [5, 5.41) is 2.59. The average Bonchev–Trinajstić information content (AvgIpc) is 3.35. The lowest BCUT2D eigenvalue weighted by Crippen LogP contribution is -2.40. The molecule has 1 aliphatic rings. The maximum absolute atomic E-state index is 12.5. The molecule has 0 spiro atoms. The van der Waals surface area contributed by atoms with Crippen LogP contribution in [0.25, 0.3) is 0 Å². The molecule has 1 aliphatic carbocycles. The van der Waals surface area contributed by atoms with Gasteiger partial charge in [0.2, 0.25) is 0 Å². The Labute approximate surface area is 184 Å². The number of ether oxygens (including phenoxy) is 2. The van der Waals surface area contributed by atoms with E-state index in [1.807, 2.05) is 0 Å². The van der Waals surface area contributed by atoms with Gasteiger partial charge in [-0.25, -0.2) is 4.79 Å². The normalized spacial score (nSPS) is 14.6. The summed E-state index contributed by atoms with van der Waals surface area (Å²) < 4.78 is 46.7. The van der Waals surface area contributed by atoms with E-state index in [0.29, 0.717) is 6.54 Å². The van der Waals surface area contributed by atoms with Gasteiger partial charge in [-0.05, 0) is 45.7 Å².